The largest absolute Gasteiger partial charge is 0.416 e. The van der Waals surface area contributed by atoms with Gasteiger partial charge in [-0.05, 0) is 86.1 Å². The number of aryl methyl sites for hydroxylation is 2. The summed E-state index contributed by atoms with van der Waals surface area (Å²) in [6.45, 7) is 10.0. The van der Waals surface area contributed by atoms with Gasteiger partial charge in [0.2, 0.25) is 15.9 Å². The molecule has 2 atom stereocenters. The van der Waals surface area contributed by atoms with E-state index in [0.717, 1.165) is 24.1 Å². The van der Waals surface area contributed by atoms with Crippen molar-refractivity contribution in [3.05, 3.63) is 101 Å². The van der Waals surface area contributed by atoms with Crippen molar-refractivity contribution < 1.29 is 31.1 Å². The third-order valence-corrected chi connectivity index (χ3v) is 10.6. The molecule has 262 valence electrons. The Hall–Kier alpha value is -4.14. The highest BCUT2D eigenvalue weighted by molar-refractivity contribution is 7.89. The predicted octanol–water partition coefficient (Wildman–Crippen LogP) is 6.72. The molecule has 0 bridgehead atoms. The summed E-state index contributed by atoms with van der Waals surface area (Å²) in [5, 5.41) is 11.3. The van der Waals surface area contributed by atoms with Crippen molar-refractivity contribution in [3.8, 4) is 0 Å². The minimum absolute atomic E-state index is 0.0531. The van der Waals surface area contributed by atoms with Crippen LogP contribution >= 0.6 is 0 Å². The van der Waals surface area contributed by atoms with E-state index in [1.54, 1.807) is 43.1 Å². The van der Waals surface area contributed by atoms with Crippen molar-refractivity contribution in [2.45, 2.75) is 84.3 Å². The van der Waals surface area contributed by atoms with E-state index in [4.69, 9.17) is 4.74 Å². The fourth-order valence-corrected chi connectivity index (χ4v) is 7.81. The number of carbonyl (C=O) groups is 1. The summed E-state index contributed by atoms with van der Waals surface area (Å²) in [4.78, 5) is 17.5. The maximum atomic E-state index is 14.0. The number of pyridine rings is 1. The molecule has 0 fully saturated rings. The van der Waals surface area contributed by atoms with Crippen LogP contribution < -0.4 is 5.32 Å². The molecule has 0 aliphatic carbocycles. The normalized spacial score (nSPS) is 17.3. The summed E-state index contributed by atoms with van der Waals surface area (Å²) in [5.74, 6) is -0.480. The quantitative estimate of drug-likeness (QED) is 0.185. The number of fused-ring (bicyclic) bond motifs is 1. The van der Waals surface area contributed by atoms with Crippen LogP contribution in [0.25, 0.3) is 0 Å². The van der Waals surface area contributed by atoms with Gasteiger partial charge in [-0.15, -0.1) is 5.10 Å². The summed E-state index contributed by atoms with van der Waals surface area (Å²) < 4.78 is 78.2. The molecule has 0 saturated heterocycles. The highest BCUT2D eigenvalue weighted by Gasteiger charge is 2.40. The van der Waals surface area contributed by atoms with Gasteiger partial charge in [0.15, 0.2) is 0 Å². The molecule has 0 radical (unpaired) electrons. The number of hydrogen-bond donors (Lipinski definition) is 1. The number of aromatic nitrogens is 4. The Morgan fingerprint density at radius 1 is 1.14 bits per heavy atom. The first-order valence-electron chi connectivity index (χ1n) is 16.1. The number of ether oxygens (including phenoxy) is 1. The molecular formula is C35H41F3N6O4S. The molecule has 2 aromatic carbocycles. The number of halogens is 3. The van der Waals surface area contributed by atoms with E-state index in [1.807, 2.05) is 39.0 Å². The van der Waals surface area contributed by atoms with E-state index in [0.29, 0.717) is 41.0 Å². The van der Waals surface area contributed by atoms with Gasteiger partial charge in [-0.1, -0.05) is 43.3 Å². The summed E-state index contributed by atoms with van der Waals surface area (Å²) in [6.07, 6.45) is 0.616. The van der Waals surface area contributed by atoms with Gasteiger partial charge in [0.05, 0.1) is 46.7 Å². The number of hydrogen-bond acceptors (Lipinski definition) is 7. The topological polar surface area (TPSA) is 119 Å². The van der Waals surface area contributed by atoms with Crippen molar-refractivity contribution in [1.29, 1.82) is 0 Å². The van der Waals surface area contributed by atoms with Crippen LogP contribution in [0.4, 0.5) is 18.9 Å². The van der Waals surface area contributed by atoms with Crippen LogP contribution in [-0.2, 0) is 51.8 Å². The van der Waals surface area contributed by atoms with Crippen LogP contribution in [0.5, 0.6) is 0 Å². The summed E-state index contributed by atoms with van der Waals surface area (Å²) in [7, 11) is -4.29. The van der Waals surface area contributed by atoms with Gasteiger partial charge in [-0.3, -0.25) is 14.5 Å². The molecule has 0 spiro atoms. The van der Waals surface area contributed by atoms with Gasteiger partial charge in [0.25, 0.3) is 0 Å². The summed E-state index contributed by atoms with van der Waals surface area (Å²) >= 11 is 0. The first-order valence-corrected chi connectivity index (χ1v) is 17.6. The van der Waals surface area contributed by atoms with Crippen LogP contribution in [-0.4, -0.2) is 45.2 Å². The van der Waals surface area contributed by atoms with Crippen molar-refractivity contribution in [2.24, 2.45) is 11.3 Å². The lowest BCUT2D eigenvalue weighted by Crippen LogP contribution is -2.38. The Morgan fingerprint density at radius 2 is 1.92 bits per heavy atom. The zero-order valence-corrected chi connectivity index (χ0v) is 29.0. The number of benzene rings is 2. The standard InChI is InChI=1S/C35H41F3N6O4S/c1-6-14-43-21-30(41-42-43)22-48-32(34(4,5)33(45)40-29-8-7-13-39-18-29)26-10-9-24(3)27(16-26)20-44-19-23(2)15-25-11-12-28(35(36,37)38)17-31(25)49(44,46)47/h7-13,16-18,21,23,32H,6,14-15,19-20,22H2,1-5H3,(H,40,45)/t23-,32?/m0/s1. The van der Waals surface area contributed by atoms with E-state index in [-0.39, 0.29) is 36.4 Å². The molecule has 4 aromatic rings. The molecule has 1 N–H and O–H groups in total. The van der Waals surface area contributed by atoms with Gasteiger partial charge < -0.3 is 10.1 Å². The Kier molecular flexibility index (Phi) is 10.6. The van der Waals surface area contributed by atoms with Crippen molar-refractivity contribution >= 4 is 21.6 Å². The number of amides is 1. The highest BCUT2D eigenvalue weighted by atomic mass is 32.2. The van der Waals surface area contributed by atoms with Crippen LogP contribution in [0, 0.1) is 18.3 Å². The molecule has 10 nitrogen and oxygen atoms in total. The molecule has 1 amide bonds. The fourth-order valence-electron chi connectivity index (χ4n) is 6.01. The zero-order chi connectivity index (χ0) is 35.6. The number of carbonyl (C=O) groups excluding carboxylic acids is 1. The lowest BCUT2D eigenvalue weighted by Gasteiger charge is -2.34. The molecule has 1 unspecified atom stereocenters. The Balaban J connectivity index is 1.50. The van der Waals surface area contributed by atoms with E-state index in [2.05, 4.69) is 20.6 Å². The maximum absolute atomic E-state index is 14.0. The van der Waals surface area contributed by atoms with Gasteiger partial charge in [-0.2, -0.15) is 17.5 Å². The Labute approximate surface area is 284 Å². The van der Waals surface area contributed by atoms with Gasteiger partial charge >= 0.3 is 6.18 Å². The van der Waals surface area contributed by atoms with Crippen LogP contribution in [0.15, 0.2) is 72.0 Å². The minimum atomic E-state index is -4.69. The fraction of sp³-hybridized carbons (Fsp3) is 0.429. The zero-order valence-electron chi connectivity index (χ0n) is 28.2. The Morgan fingerprint density at radius 3 is 2.61 bits per heavy atom. The number of nitrogens with one attached hydrogen (secondary N) is 1. The molecule has 1 aliphatic rings. The monoisotopic (exact) mass is 698 g/mol. The molecular weight excluding hydrogens is 657 g/mol. The number of sulfonamides is 1. The minimum Gasteiger partial charge on any atom is -0.366 e. The van der Waals surface area contributed by atoms with E-state index >= 15 is 0 Å². The second-order valence-corrected chi connectivity index (χ2v) is 15.1. The van der Waals surface area contributed by atoms with E-state index in [9.17, 15) is 26.4 Å². The average Bonchev–Trinajstić information content (AvgIpc) is 3.46. The SMILES string of the molecule is CCCn1cc(COC(c2ccc(C)c(CN3C[C@@H](C)Cc4ccc(C(F)(F)F)cc4S3(=O)=O)c2)C(C)(C)C(=O)Nc2cccnc2)nn1. The molecule has 3 heterocycles. The average molecular weight is 699 g/mol. The first kappa shape index (κ1) is 36.1. The van der Waals surface area contributed by atoms with Crippen LogP contribution in [0.2, 0.25) is 0 Å². The number of anilines is 1. The van der Waals surface area contributed by atoms with Crippen molar-refractivity contribution in [2.75, 3.05) is 11.9 Å². The lowest BCUT2D eigenvalue weighted by molar-refractivity contribution is -0.137. The van der Waals surface area contributed by atoms with E-state index in [1.165, 1.54) is 16.6 Å². The third-order valence-electron chi connectivity index (χ3n) is 8.72. The van der Waals surface area contributed by atoms with Crippen LogP contribution in [0.1, 0.15) is 73.7 Å². The number of alkyl halides is 3. The second kappa shape index (κ2) is 14.4. The van der Waals surface area contributed by atoms with Gasteiger partial charge in [-0.25, -0.2) is 8.42 Å². The predicted molar refractivity (Wildman–Crippen MR) is 178 cm³/mol. The first-order chi connectivity index (χ1) is 23.1. The summed E-state index contributed by atoms with van der Waals surface area (Å²) in [5.41, 5.74) is 1.32. The Bertz CT molecular complexity index is 1900. The molecule has 1 aliphatic heterocycles. The highest BCUT2D eigenvalue weighted by Crippen LogP contribution is 2.40. The molecule has 5 rings (SSSR count). The molecule has 0 saturated carbocycles. The van der Waals surface area contributed by atoms with Crippen molar-refractivity contribution in [3.63, 3.8) is 0 Å². The van der Waals surface area contributed by atoms with Gasteiger partial charge in [0.1, 0.15) is 5.69 Å². The van der Waals surface area contributed by atoms with Crippen molar-refractivity contribution in [1.82, 2.24) is 24.3 Å². The number of rotatable bonds is 11. The van der Waals surface area contributed by atoms with Gasteiger partial charge in [0, 0.05) is 25.8 Å². The molecule has 49 heavy (non-hydrogen) atoms. The van der Waals surface area contributed by atoms with E-state index < -0.39 is 33.3 Å². The molecule has 14 heteroatoms. The number of nitrogens with zero attached hydrogens (tertiary/aromatic N) is 5. The van der Waals surface area contributed by atoms with Crippen LogP contribution in [0.3, 0.4) is 0 Å². The third kappa shape index (κ3) is 8.19. The summed E-state index contributed by atoms with van der Waals surface area (Å²) in [6, 6.07) is 11.9. The maximum Gasteiger partial charge on any atom is 0.416 e. The molecule has 2 aromatic heterocycles. The smallest absolute Gasteiger partial charge is 0.366 e. The lowest BCUT2D eigenvalue weighted by atomic mass is 9.80. The second-order valence-electron chi connectivity index (χ2n) is 13.2.